The van der Waals surface area contributed by atoms with Gasteiger partial charge in [0.1, 0.15) is 0 Å². The molecular formula is C13H14BrF3N4. The molecule has 1 heterocycles. The molecule has 0 saturated carbocycles. The number of benzene rings is 1. The fraction of sp³-hybridized carbons (Fsp3) is 0.385. The highest BCUT2D eigenvalue weighted by atomic mass is 79.9. The average molecular weight is 363 g/mol. The number of nitrogens with zero attached hydrogens (tertiary/aromatic N) is 3. The highest BCUT2D eigenvalue weighted by Gasteiger charge is 2.34. The van der Waals surface area contributed by atoms with E-state index in [-0.39, 0.29) is 5.69 Å². The lowest BCUT2D eigenvalue weighted by Gasteiger charge is -2.12. The zero-order valence-electron chi connectivity index (χ0n) is 11.1. The van der Waals surface area contributed by atoms with Crippen LogP contribution < -0.4 is 5.73 Å². The molecule has 0 aliphatic rings. The minimum atomic E-state index is -4.45. The van der Waals surface area contributed by atoms with Gasteiger partial charge >= 0.3 is 6.18 Å². The number of aryl methyl sites for hydroxylation is 1. The van der Waals surface area contributed by atoms with Gasteiger partial charge in [-0.3, -0.25) is 0 Å². The number of hydrogen-bond donors (Lipinski definition) is 1. The van der Waals surface area contributed by atoms with Crippen LogP contribution >= 0.6 is 15.9 Å². The topological polar surface area (TPSA) is 56.7 Å². The van der Waals surface area contributed by atoms with Crippen LogP contribution in [0, 0.1) is 0 Å². The molecule has 1 aromatic heterocycles. The zero-order valence-corrected chi connectivity index (χ0v) is 12.7. The summed E-state index contributed by atoms with van der Waals surface area (Å²) in [6, 6.07) is 3.94. The summed E-state index contributed by atoms with van der Waals surface area (Å²) in [7, 11) is 0. The number of nitrogens with two attached hydrogens (primary N) is 1. The summed E-state index contributed by atoms with van der Waals surface area (Å²) in [5.41, 5.74) is 5.26. The lowest BCUT2D eigenvalue weighted by molar-refractivity contribution is -0.137. The maximum Gasteiger partial charge on any atom is 0.418 e. The van der Waals surface area contributed by atoms with Crippen molar-refractivity contribution >= 4 is 15.9 Å². The van der Waals surface area contributed by atoms with Crippen LogP contribution in [0.1, 0.15) is 24.1 Å². The molecule has 2 aromatic rings. The van der Waals surface area contributed by atoms with Crippen molar-refractivity contribution in [2.75, 3.05) is 6.54 Å². The summed E-state index contributed by atoms with van der Waals surface area (Å²) >= 11 is 3.05. The number of rotatable bonds is 5. The van der Waals surface area contributed by atoms with Gasteiger partial charge in [0.05, 0.1) is 23.1 Å². The van der Waals surface area contributed by atoms with E-state index in [0.717, 1.165) is 23.6 Å². The summed E-state index contributed by atoms with van der Waals surface area (Å²) in [5, 5.41) is 7.69. The quantitative estimate of drug-likeness (QED) is 0.830. The predicted molar refractivity (Wildman–Crippen MR) is 76.1 cm³/mol. The maximum absolute atomic E-state index is 13.1. The normalized spacial score (nSPS) is 11.9. The van der Waals surface area contributed by atoms with Gasteiger partial charge in [0.2, 0.25) is 0 Å². The lowest BCUT2D eigenvalue weighted by Crippen LogP contribution is -2.11. The Morgan fingerprint density at radius 3 is 2.67 bits per heavy atom. The van der Waals surface area contributed by atoms with Crippen molar-refractivity contribution < 1.29 is 13.2 Å². The molecule has 0 amide bonds. The molecule has 4 nitrogen and oxygen atoms in total. The monoisotopic (exact) mass is 362 g/mol. The first kappa shape index (κ1) is 16.0. The summed E-state index contributed by atoms with van der Waals surface area (Å²) in [6.07, 6.45) is -0.602. The predicted octanol–water partition coefficient (Wildman–Crippen LogP) is 3.33. The Kier molecular flexibility index (Phi) is 5.00. The van der Waals surface area contributed by atoms with Crippen molar-refractivity contribution in [3.63, 3.8) is 0 Å². The summed E-state index contributed by atoms with van der Waals surface area (Å²) < 4.78 is 40.7. The Morgan fingerprint density at radius 1 is 1.24 bits per heavy atom. The van der Waals surface area contributed by atoms with E-state index in [1.165, 1.54) is 12.3 Å². The molecule has 2 rings (SSSR count). The van der Waals surface area contributed by atoms with E-state index in [0.29, 0.717) is 23.1 Å². The highest BCUT2D eigenvalue weighted by molar-refractivity contribution is 9.10. The molecule has 1 aromatic carbocycles. The molecule has 2 N–H and O–H groups in total. The molecular weight excluding hydrogens is 349 g/mol. The fourth-order valence-corrected chi connectivity index (χ4v) is 2.28. The molecule has 0 bridgehead atoms. The summed E-state index contributed by atoms with van der Waals surface area (Å²) in [5.74, 6) is 0. The van der Waals surface area contributed by atoms with E-state index < -0.39 is 11.7 Å². The van der Waals surface area contributed by atoms with Crippen molar-refractivity contribution in [1.29, 1.82) is 0 Å². The van der Waals surface area contributed by atoms with Crippen LogP contribution in [-0.2, 0) is 12.6 Å². The second kappa shape index (κ2) is 6.57. The van der Waals surface area contributed by atoms with Crippen molar-refractivity contribution in [2.45, 2.75) is 25.4 Å². The SMILES string of the molecule is NCCCCc1cn(-c2ccc(Br)cc2C(F)(F)F)nn1. The van der Waals surface area contributed by atoms with E-state index >= 15 is 0 Å². The Morgan fingerprint density at radius 2 is 2.00 bits per heavy atom. The third-order valence-electron chi connectivity index (χ3n) is 2.94. The minimum Gasteiger partial charge on any atom is -0.330 e. The van der Waals surface area contributed by atoms with Crippen LogP contribution in [0.5, 0.6) is 0 Å². The van der Waals surface area contributed by atoms with Crippen LogP contribution in [0.4, 0.5) is 13.2 Å². The molecule has 0 radical (unpaired) electrons. The van der Waals surface area contributed by atoms with Crippen LogP contribution in [0.25, 0.3) is 5.69 Å². The molecule has 0 aliphatic carbocycles. The molecule has 21 heavy (non-hydrogen) atoms. The average Bonchev–Trinajstić information content (AvgIpc) is 2.87. The van der Waals surface area contributed by atoms with Gasteiger partial charge in [-0.2, -0.15) is 13.2 Å². The highest BCUT2D eigenvalue weighted by Crippen LogP contribution is 2.35. The second-order valence-electron chi connectivity index (χ2n) is 4.56. The maximum atomic E-state index is 13.1. The van der Waals surface area contributed by atoms with Gasteiger partial charge in [0.15, 0.2) is 0 Å². The van der Waals surface area contributed by atoms with Crippen LogP contribution in [0.2, 0.25) is 0 Å². The Hall–Kier alpha value is -1.41. The fourth-order valence-electron chi connectivity index (χ4n) is 1.92. The Labute approximate surface area is 128 Å². The van der Waals surface area contributed by atoms with Gasteiger partial charge in [-0.1, -0.05) is 21.1 Å². The molecule has 0 spiro atoms. The Bertz CT molecular complexity index is 610. The zero-order chi connectivity index (χ0) is 15.5. The Balaban J connectivity index is 2.30. The van der Waals surface area contributed by atoms with E-state index in [1.807, 2.05) is 0 Å². The number of halogens is 4. The van der Waals surface area contributed by atoms with Crippen molar-refractivity contribution in [3.05, 3.63) is 40.1 Å². The second-order valence-corrected chi connectivity index (χ2v) is 5.48. The van der Waals surface area contributed by atoms with Crippen LogP contribution in [0.15, 0.2) is 28.9 Å². The molecule has 8 heteroatoms. The molecule has 0 unspecified atom stereocenters. The van der Waals surface area contributed by atoms with E-state index in [1.54, 1.807) is 6.07 Å². The van der Waals surface area contributed by atoms with Crippen molar-refractivity contribution in [2.24, 2.45) is 5.73 Å². The van der Waals surface area contributed by atoms with E-state index in [9.17, 15) is 13.2 Å². The van der Waals surface area contributed by atoms with Crippen molar-refractivity contribution in [1.82, 2.24) is 15.0 Å². The van der Waals surface area contributed by atoms with Gasteiger partial charge in [-0.25, -0.2) is 4.68 Å². The smallest absolute Gasteiger partial charge is 0.330 e. The minimum absolute atomic E-state index is 0.0386. The standard InChI is InChI=1S/C13H14BrF3N4/c14-9-4-5-12(11(7-9)13(15,16)17)21-8-10(19-20-21)3-1-2-6-18/h4-5,7-8H,1-3,6,18H2. The molecule has 0 atom stereocenters. The number of unbranched alkanes of at least 4 members (excludes halogenated alkanes) is 1. The van der Waals surface area contributed by atoms with Gasteiger partial charge < -0.3 is 5.73 Å². The van der Waals surface area contributed by atoms with Crippen LogP contribution in [-0.4, -0.2) is 21.5 Å². The van der Waals surface area contributed by atoms with Crippen LogP contribution in [0.3, 0.4) is 0 Å². The summed E-state index contributed by atoms with van der Waals surface area (Å²) in [6.45, 7) is 0.582. The van der Waals surface area contributed by atoms with Gasteiger partial charge in [-0.15, -0.1) is 5.10 Å². The largest absolute Gasteiger partial charge is 0.418 e. The molecule has 0 saturated heterocycles. The third-order valence-corrected chi connectivity index (χ3v) is 3.43. The third kappa shape index (κ3) is 4.04. The van der Waals surface area contributed by atoms with E-state index in [4.69, 9.17) is 5.73 Å². The first-order chi connectivity index (χ1) is 9.91. The van der Waals surface area contributed by atoms with E-state index in [2.05, 4.69) is 26.2 Å². The number of alkyl halides is 3. The molecule has 0 fully saturated rings. The van der Waals surface area contributed by atoms with Gasteiger partial charge in [0, 0.05) is 4.47 Å². The molecule has 114 valence electrons. The number of hydrogen-bond acceptors (Lipinski definition) is 3. The molecule has 0 aliphatic heterocycles. The van der Waals surface area contributed by atoms with Crippen molar-refractivity contribution in [3.8, 4) is 5.69 Å². The van der Waals surface area contributed by atoms with Gasteiger partial charge in [0.25, 0.3) is 0 Å². The first-order valence-electron chi connectivity index (χ1n) is 6.40. The lowest BCUT2D eigenvalue weighted by atomic mass is 10.1. The van der Waals surface area contributed by atoms with Gasteiger partial charge in [-0.05, 0) is 44.0 Å². The number of aromatic nitrogens is 3. The first-order valence-corrected chi connectivity index (χ1v) is 7.19. The summed E-state index contributed by atoms with van der Waals surface area (Å²) in [4.78, 5) is 0.